The average Bonchev–Trinajstić information content (AvgIpc) is 2.10. The summed E-state index contributed by atoms with van der Waals surface area (Å²) < 4.78 is 0. The van der Waals surface area contributed by atoms with Crippen molar-refractivity contribution in [2.24, 2.45) is 5.73 Å². The molecular weight excluding hydrogens is 152 g/mol. The predicted octanol–water partition coefficient (Wildman–Crippen LogP) is 0.984. The average molecular weight is 172 g/mol. The minimum Gasteiger partial charge on any atom is -0.346 e. The lowest BCUT2D eigenvalue weighted by molar-refractivity contribution is -0.129. The van der Waals surface area contributed by atoms with Crippen molar-refractivity contribution in [3.63, 3.8) is 0 Å². The molecule has 0 aromatic rings. The maximum Gasteiger partial charge on any atom is 0.222 e. The number of carbonyl (C=O) groups is 1. The highest BCUT2D eigenvalue weighted by Crippen LogP contribution is 2.01. The fourth-order valence-corrected chi connectivity index (χ4v) is 0.965. The van der Waals surface area contributed by atoms with E-state index in [2.05, 4.69) is 0 Å². The van der Waals surface area contributed by atoms with Gasteiger partial charge in [0.1, 0.15) is 0 Å². The highest BCUT2D eigenvalue weighted by Gasteiger charge is 2.04. The summed E-state index contributed by atoms with van der Waals surface area (Å²) in [6.45, 7) is 3.52. The normalized spacial score (nSPS) is 9.92. The van der Waals surface area contributed by atoms with E-state index in [1.807, 2.05) is 14.0 Å². The van der Waals surface area contributed by atoms with E-state index in [0.29, 0.717) is 6.42 Å². The molecular formula is C9H20N2O. The third-order valence-corrected chi connectivity index (χ3v) is 1.99. The van der Waals surface area contributed by atoms with Crippen LogP contribution in [0.4, 0.5) is 0 Å². The fraction of sp³-hybridized carbons (Fsp3) is 0.889. The van der Waals surface area contributed by atoms with Gasteiger partial charge in [-0.05, 0) is 26.3 Å². The molecule has 0 radical (unpaired) electrons. The van der Waals surface area contributed by atoms with Crippen LogP contribution in [-0.4, -0.2) is 30.9 Å². The van der Waals surface area contributed by atoms with Crippen molar-refractivity contribution < 1.29 is 4.79 Å². The third kappa shape index (κ3) is 5.13. The second kappa shape index (κ2) is 7.10. The van der Waals surface area contributed by atoms with Crippen molar-refractivity contribution in [1.82, 2.24) is 4.90 Å². The maximum atomic E-state index is 11.2. The van der Waals surface area contributed by atoms with Crippen LogP contribution in [0.1, 0.15) is 32.6 Å². The lowest BCUT2D eigenvalue weighted by atomic mass is 10.2. The number of amides is 1. The quantitative estimate of drug-likeness (QED) is 0.607. The van der Waals surface area contributed by atoms with E-state index in [9.17, 15) is 4.79 Å². The Bertz CT molecular complexity index is 126. The van der Waals surface area contributed by atoms with E-state index in [0.717, 1.165) is 32.4 Å². The zero-order valence-electron chi connectivity index (χ0n) is 8.18. The molecule has 0 saturated carbocycles. The van der Waals surface area contributed by atoms with E-state index in [1.54, 1.807) is 4.90 Å². The molecule has 0 unspecified atom stereocenters. The smallest absolute Gasteiger partial charge is 0.222 e. The minimum absolute atomic E-state index is 0.245. The highest BCUT2D eigenvalue weighted by molar-refractivity contribution is 5.75. The van der Waals surface area contributed by atoms with Crippen LogP contribution < -0.4 is 5.73 Å². The van der Waals surface area contributed by atoms with Crippen molar-refractivity contribution in [3.8, 4) is 0 Å². The van der Waals surface area contributed by atoms with Gasteiger partial charge in [0.25, 0.3) is 0 Å². The predicted molar refractivity (Wildman–Crippen MR) is 50.8 cm³/mol. The van der Waals surface area contributed by atoms with Crippen molar-refractivity contribution in [1.29, 1.82) is 0 Å². The third-order valence-electron chi connectivity index (χ3n) is 1.99. The molecule has 0 saturated heterocycles. The van der Waals surface area contributed by atoms with Crippen molar-refractivity contribution >= 4 is 5.91 Å². The number of hydrogen-bond acceptors (Lipinski definition) is 2. The first kappa shape index (κ1) is 11.4. The molecule has 0 heterocycles. The Kier molecular flexibility index (Phi) is 6.76. The van der Waals surface area contributed by atoms with Gasteiger partial charge in [0.2, 0.25) is 5.91 Å². The number of carbonyl (C=O) groups excluding carboxylic acids is 1. The summed E-state index contributed by atoms with van der Waals surface area (Å²) in [5, 5.41) is 0. The molecule has 0 bridgehead atoms. The number of nitrogens with zero attached hydrogens (tertiary/aromatic N) is 1. The topological polar surface area (TPSA) is 46.3 Å². The van der Waals surface area contributed by atoms with Crippen molar-refractivity contribution in [2.45, 2.75) is 32.6 Å². The largest absolute Gasteiger partial charge is 0.346 e. The van der Waals surface area contributed by atoms with Crippen LogP contribution >= 0.6 is 0 Å². The molecule has 0 aromatic carbocycles. The van der Waals surface area contributed by atoms with Crippen molar-refractivity contribution in [2.75, 3.05) is 20.1 Å². The Balaban J connectivity index is 3.31. The van der Waals surface area contributed by atoms with Crippen LogP contribution in [-0.2, 0) is 4.79 Å². The molecule has 3 nitrogen and oxygen atoms in total. The molecule has 0 aliphatic rings. The molecule has 2 N–H and O–H groups in total. The molecule has 0 aliphatic carbocycles. The Morgan fingerprint density at radius 1 is 1.33 bits per heavy atom. The van der Waals surface area contributed by atoms with Gasteiger partial charge in [-0.3, -0.25) is 4.79 Å². The van der Waals surface area contributed by atoms with E-state index in [1.165, 1.54) is 0 Å². The second-order valence-corrected chi connectivity index (χ2v) is 3.01. The van der Waals surface area contributed by atoms with E-state index < -0.39 is 0 Å². The van der Waals surface area contributed by atoms with Crippen LogP contribution in [0.15, 0.2) is 0 Å². The molecule has 12 heavy (non-hydrogen) atoms. The maximum absolute atomic E-state index is 11.2. The van der Waals surface area contributed by atoms with E-state index in [4.69, 9.17) is 5.73 Å². The van der Waals surface area contributed by atoms with Gasteiger partial charge >= 0.3 is 0 Å². The van der Waals surface area contributed by atoms with Crippen LogP contribution in [0.2, 0.25) is 0 Å². The Morgan fingerprint density at radius 2 is 2.00 bits per heavy atom. The van der Waals surface area contributed by atoms with Gasteiger partial charge in [0, 0.05) is 20.0 Å². The summed E-state index contributed by atoms with van der Waals surface area (Å²) in [4.78, 5) is 13.0. The summed E-state index contributed by atoms with van der Waals surface area (Å²) >= 11 is 0. The first-order chi connectivity index (χ1) is 5.72. The van der Waals surface area contributed by atoms with Crippen LogP contribution in [0.25, 0.3) is 0 Å². The first-order valence-corrected chi connectivity index (χ1v) is 4.66. The lowest BCUT2D eigenvalue weighted by Crippen LogP contribution is -2.25. The highest BCUT2D eigenvalue weighted by atomic mass is 16.2. The summed E-state index contributed by atoms with van der Waals surface area (Å²) in [5.41, 5.74) is 5.34. The monoisotopic (exact) mass is 172 g/mol. The van der Waals surface area contributed by atoms with Gasteiger partial charge in [0.05, 0.1) is 0 Å². The summed E-state index contributed by atoms with van der Waals surface area (Å²) in [7, 11) is 1.84. The SMILES string of the molecule is CCN(C)C(=O)CCCCCN. The van der Waals surface area contributed by atoms with Gasteiger partial charge in [0.15, 0.2) is 0 Å². The lowest BCUT2D eigenvalue weighted by Gasteiger charge is -2.13. The van der Waals surface area contributed by atoms with Gasteiger partial charge in [-0.2, -0.15) is 0 Å². The van der Waals surface area contributed by atoms with Crippen LogP contribution in [0, 0.1) is 0 Å². The summed E-state index contributed by atoms with van der Waals surface area (Å²) in [5.74, 6) is 0.245. The van der Waals surface area contributed by atoms with E-state index >= 15 is 0 Å². The number of unbranched alkanes of at least 4 members (excludes halogenated alkanes) is 2. The molecule has 3 heteroatoms. The van der Waals surface area contributed by atoms with Gasteiger partial charge in [-0.1, -0.05) is 6.42 Å². The molecule has 72 valence electrons. The molecule has 0 rings (SSSR count). The molecule has 0 atom stereocenters. The standard InChI is InChI=1S/C9H20N2O/c1-3-11(2)9(12)7-5-4-6-8-10/h3-8,10H2,1-2H3. The fourth-order valence-electron chi connectivity index (χ4n) is 0.965. The summed E-state index contributed by atoms with van der Waals surface area (Å²) in [6, 6.07) is 0. The second-order valence-electron chi connectivity index (χ2n) is 3.01. The van der Waals surface area contributed by atoms with Crippen LogP contribution in [0.3, 0.4) is 0 Å². The zero-order chi connectivity index (χ0) is 9.40. The molecule has 0 aliphatic heterocycles. The van der Waals surface area contributed by atoms with Gasteiger partial charge in [-0.15, -0.1) is 0 Å². The zero-order valence-corrected chi connectivity index (χ0v) is 8.18. The molecule has 1 amide bonds. The number of rotatable bonds is 6. The molecule has 0 spiro atoms. The minimum atomic E-state index is 0.245. The Hall–Kier alpha value is -0.570. The van der Waals surface area contributed by atoms with Crippen LogP contribution in [0.5, 0.6) is 0 Å². The summed E-state index contributed by atoms with van der Waals surface area (Å²) in [6.07, 6.45) is 3.74. The first-order valence-electron chi connectivity index (χ1n) is 4.66. The van der Waals surface area contributed by atoms with E-state index in [-0.39, 0.29) is 5.91 Å². The molecule has 0 fully saturated rings. The Labute approximate surface area is 74.9 Å². The van der Waals surface area contributed by atoms with Crippen molar-refractivity contribution in [3.05, 3.63) is 0 Å². The van der Waals surface area contributed by atoms with Gasteiger partial charge in [-0.25, -0.2) is 0 Å². The van der Waals surface area contributed by atoms with Gasteiger partial charge < -0.3 is 10.6 Å². The number of nitrogens with two attached hydrogens (primary N) is 1. The Morgan fingerprint density at radius 3 is 2.50 bits per heavy atom. The molecule has 0 aromatic heterocycles. The number of hydrogen-bond donors (Lipinski definition) is 1.